The Morgan fingerprint density at radius 3 is 2.57 bits per heavy atom. The Morgan fingerprint density at radius 1 is 1.26 bits per heavy atom. The Balaban J connectivity index is 2.34. The van der Waals surface area contributed by atoms with Gasteiger partial charge in [0.1, 0.15) is 16.9 Å². The number of aromatic nitrogens is 1. The molecule has 0 saturated carbocycles. The molecule has 3 N–H and O–H groups in total. The molecule has 0 fully saturated rings. The van der Waals surface area contributed by atoms with Crippen LogP contribution in [0.5, 0.6) is 0 Å². The normalized spacial score (nSPS) is 32.8. The SMILES string of the molecule is C/C(=C\c1csc(CO)n1)[C@H]1OC(=O)C[C@H](O)C(C)(C)C(=O)[C@H](C)[C@@H](O)[C@@H](C)CCC/C=C\[C@@H]1C. The van der Waals surface area contributed by atoms with Crippen LogP contribution in [-0.4, -0.2) is 50.4 Å². The van der Waals surface area contributed by atoms with Crippen molar-refractivity contribution in [3.8, 4) is 0 Å². The van der Waals surface area contributed by atoms with Gasteiger partial charge in [0, 0.05) is 17.2 Å². The summed E-state index contributed by atoms with van der Waals surface area (Å²) in [5, 5.41) is 33.3. The van der Waals surface area contributed by atoms with E-state index in [1.807, 2.05) is 38.3 Å². The lowest BCUT2D eigenvalue weighted by atomic mass is 9.73. The molecule has 7 nitrogen and oxygen atoms in total. The van der Waals surface area contributed by atoms with Crippen LogP contribution in [0.25, 0.3) is 6.08 Å². The Kier molecular flexibility index (Phi) is 10.8. The maximum absolute atomic E-state index is 13.2. The second-order valence-electron chi connectivity index (χ2n) is 10.4. The van der Waals surface area contributed by atoms with E-state index in [1.54, 1.807) is 20.8 Å². The molecule has 1 aliphatic heterocycles. The molecule has 0 aliphatic carbocycles. The molecule has 1 aromatic rings. The van der Waals surface area contributed by atoms with E-state index in [4.69, 9.17) is 4.74 Å². The van der Waals surface area contributed by atoms with E-state index in [1.165, 1.54) is 11.3 Å². The first-order valence-corrected chi connectivity index (χ1v) is 13.3. The molecule has 0 radical (unpaired) electrons. The second kappa shape index (κ2) is 12.9. The summed E-state index contributed by atoms with van der Waals surface area (Å²) in [6, 6.07) is 0. The lowest BCUT2D eigenvalue weighted by Crippen LogP contribution is -2.45. The molecule has 6 atom stereocenters. The van der Waals surface area contributed by atoms with Crippen molar-refractivity contribution in [3.05, 3.63) is 33.8 Å². The van der Waals surface area contributed by atoms with Crippen LogP contribution in [0.3, 0.4) is 0 Å². The summed E-state index contributed by atoms with van der Waals surface area (Å²) >= 11 is 1.36. The van der Waals surface area contributed by atoms with E-state index in [2.05, 4.69) is 11.1 Å². The van der Waals surface area contributed by atoms with Crippen molar-refractivity contribution < 1.29 is 29.6 Å². The van der Waals surface area contributed by atoms with Crippen molar-refractivity contribution in [2.24, 2.45) is 23.2 Å². The van der Waals surface area contributed by atoms with Crippen molar-refractivity contribution in [1.82, 2.24) is 4.98 Å². The van der Waals surface area contributed by atoms with Gasteiger partial charge in [0.15, 0.2) is 0 Å². The summed E-state index contributed by atoms with van der Waals surface area (Å²) in [5.41, 5.74) is 0.259. The number of allylic oxidation sites excluding steroid dienone is 1. The van der Waals surface area contributed by atoms with Gasteiger partial charge < -0.3 is 20.1 Å². The molecule has 0 spiro atoms. The summed E-state index contributed by atoms with van der Waals surface area (Å²) in [7, 11) is 0. The Bertz CT molecular complexity index is 921. The van der Waals surface area contributed by atoms with Gasteiger partial charge in [-0.1, -0.05) is 46.8 Å². The minimum atomic E-state index is -1.25. The highest BCUT2D eigenvalue weighted by atomic mass is 32.1. The highest BCUT2D eigenvalue weighted by Crippen LogP contribution is 2.32. The van der Waals surface area contributed by atoms with E-state index in [9.17, 15) is 24.9 Å². The number of carbonyl (C=O) groups excluding carboxylic acids is 2. The number of rotatable bonds is 3. The molecule has 1 aromatic heterocycles. The van der Waals surface area contributed by atoms with Gasteiger partial charge in [-0.05, 0) is 43.8 Å². The molecule has 8 heteroatoms. The largest absolute Gasteiger partial charge is 0.457 e. The smallest absolute Gasteiger partial charge is 0.309 e. The predicted octanol–water partition coefficient (Wildman–Crippen LogP) is 4.31. The van der Waals surface area contributed by atoms with Crippen molar-refractivity contribution in [2.75, 3.05) is 0 Å². The molecule has 0 aromatic carbocycles. The van der Waals surface area contributed by atoms with Gasteiger partial charge in [-0.25, -0.2) is 4.98 Å². The van der Waals surface area contributed by atoms with Crippen LogP contribution in [0.15, 0.2) is 23.1 Å². The molecule has 35 heavy (non-hydrogen) atoms. The first-order chi connectivity index (χ1) is 16.4. The molecule has 0 unspecified atom stereocenters. The third-order valence-corrected chi connectivity index (χ3v) is 7.92. The summed E-state index contributed by atoms with van der Waals surface area (Å²) in [6.45, 7) is 10.6. The first kappa shape index (κ1) is 29.4. The van der Waals surface area contributed by atoms with Crippen LogP contribution in [0.2, 0.25) is 0 Å². The molecule has 0 saturated heterocycles. The van der Waals surface area contributed by atoms with Crippen LogP contribution >= 0.6 is 11.3 Å². The summed E-state index contributed by atoms with van der Waals surface area (Å²) < 4.78 is 5.84. The molecular weight excluding hydrogens is 466 g/mol. The number of esters is 1. The number of nitrogens with zero attached hydrogens (tertiary/aromatic N) is 1. The number of hydrogen-bond donors (Lipinski definition) is 3. The quantitative estimate of drug-likeness (QED) is 0.412. The van der Waals surface area contributed by atoms with Crippen molar-refractivity contribution in [2.45, 2.75) is 92.1 Å². The minimum absolute atomic E-state index is 0.0644. The topological polar surface area (TPSA) is 117 Å². The third kappa shape index (κ3) is 7.81. The molecule has 2 rings (SSSR count). The lowest BCUT2D eigenvalue weighted by Gasteiger charge is -2.34. The number of carbonyl (C=O) groups is 2. The fourth-order valence-electron chi connectivity index (χ4n) is 4.54. The summed E-state index contributed by atoms with van der Waals surface area (Å²) in [6.07, 6.45) is 5.39. The average Bonchev–Trinajstić information content (AvgIpc) is 3.27. The van der Waals surface area contributed by atoms with E-state index < -0.39 is 35.6 Å². The van der Waals surface area contributed by atoms with E-state index in [0.29, 0.717) is 10.7 Å². The first-order valence-electron chi connectivity index (χ1n) is 12.4. The Hall–Kier alpha value is -1.87. The van der Waals surface area contributed by atoms with E-state index in [0.717, 1.165) is 24.8 Å². The highest BCUT2D eigenvalue weighted by molar-refractivity contribution is 7.09. The van der Waals surface area contributed by atoms with Crippen molar-refractivity contribution >= 4 is 29.2 Å². The zero-order valence-corrected chi connectivity index (χ0v) is 22.5. The number of hydrogen-bond acceptors (Lipinski definition) is 8. The van der Waals surface area contributed by atoms with E-state index in [-0.39, 0.29) is 30.6 Å². The van der Waals surface area contributed by atoms with Gasteiger partial charge in [0.05, 0.1) is 36.3 Å². The minimum Gasteiger partial charge on any atom is -0.457 e. The second-order valence-corrected chi connectivity index (χ2v) is 11.3. The van der Waals surface area contributed by atoms with Gasteiger partial charge in [-0.2, -0.15) is 0 Å². The Morgan fingerprint density at radius 2 is 1.94 bits per heavy atom. The van der Waals surface area contributed by atoms with Gasteiger partial charge in [0.2, 0.25) is 0 Å². The standard InChI is InChI=1S/C27H41NO6S/c1-16-10-8-7-9-11-17(2)25(18(3)12-20-15-35-22(14-29)28-20)34-23(31)13-21(30)27(5,6)26(33)19(4)24(16)32/h9,11-12,15-17,19,21,24-25,29-30,32H,7-8,10,13-14H2,1-6H3/b11-9-,18-12+/t16-,17-,19+,21-,24-,25-/m0/s1. The number of ketones is 1. The maximum Gasteiger partial charge on any atom is 0.309 e. The predicted molar refractivity (Wildman–Crippen MR) is 137 cm³/mol. The van der Waals surface area contributed by atoms with Gasteiger partial charge >= 0.3 is 5.97 Å². The zero-order chi connectivity index (χ0) is 26.3. The van der Waals surface area contributed by atoms with Gasteiger partial charge in [0.25, 0.3) is 0 Å². The number of Topliss-reactive ketones (excluding diaryl/α,β-unsaturated/α-hetero) is 1. The monoisotopic (exact) mass is 507 g/mol. The Labute approximate surface area is 212 Å². The van der Waals surface area contributed by atoms with Gasteiger partial charge in [-0.3, -0.25) is 9.59 Å². The molecular formula is C27H41NO6S. The number of aliphatic hydroxyl groups is 3. The molecule has 196 valence electrons. The van der Waals surface area contributed by atoms with Crippen LogP contribution < -0.4 is 0 Å². The van der Waals surface area contributed by atoms with Crippen molar-refractivity contribution in [1.29, 1.82) is 0 Å². The third-order valence-electron chi connectivity index (χ3n) is 7.07. The molecule has 1 aliphatic rings. The molecule has 2 heterocycles. The molecule has 0 amide bonds. The van der Waals surface area contributed by atoms with E-state index >= 15 is 0 Å². The fourth-order valence-corrected chi connectivity index (χ4v) is 5.15. The summed E-state index contributed by atoms with van der Waals surface area (Å²) in [5.74, 6) is -1.72. The number of ether oxygens (including phenoxy) is 1. The average molecular weight is 508 g/mol. The lowest BCUT2D eigenvalue weighted by molar-refractivity contribution is -0.155. The van der Waals surface area contributed by atoms with Crippen LogP contribution in [0.1, 0.15) is 77.9 Å². The van der Waals surface area contributed by atoms with Crippen LogP contribution in [0.4, 0.5) is 0 Å². The van der Waals surface area contributed by atoms with Gasteiger partial charge in [-0.15, -0.1) is 11.3 Å². The number of cyclic esters (lactones) is 1. The highest BCUT2D eigenvalue weighted by Gasteiger charge is 2.42. The number of thiazole rings is 1. The van der Waals surface area contributed by atoms with Crippen molar-refractivity contribution in [3.63, 3.8) is 0 Å². The van der Waals surface area contributed by atoms with Crippen LogP contribution in [-0.2, 0) is 20.9 Å². The van der Waals surface area contributed by atoms with Crippen LogP contribution in [0, 0.1) is 23.2 Å². The fraction of sp³-hybridized carbons (Fsp3) is 0.667. The number of aliphatic hydroxyl groups excluding tert-OH is 3. The zero-order valence-electron chi connectivity index (χ0n) is 21.7. The molecule has 0 bridgehead atoms. The summed E-state index contributed by atoms with van der Waals surface area (Å²) in [4.78, 5) is 30.4. The maximum atomic E-state index is 13.2.